The third-order valence-corrected chi connectivity index (χ3v) is 4.53. The van der Waals surface area contributed by atoms with Crippen molar-refractivity contribution in [3.8, 4) is 0 Å². The van der Waals surface area contributed by atoms with Gasteiger partial charge in [-0.25, -0.2) is 0 Å². The summed E-state index contributed by atoms with van der Waals surface area (Å²) in [6.45, 7) is 7.79. The highest BCUT2D eigenvalue weighted by molar-refractivity contribution is 9.10. The molecule has 0 saturated carbocycles. The summed E-state index contributed by atoms with van der Waals surface area (Å²) in [5.41, 5.74) is 4.07. The smallest absolute Gasteiger partial charge is 0.0343 e. The van der Waals surface area contributed by atoms with Gasteiger partial charge in [-0.2, -0.15) is 0 Å². The van der Waals surface area contributed by atoms with E-state index in [4.69, 9.17) is 0 Å². The van der Waals surface area contributed by atoms with Gasteiger partial charge in [-0.15, -0.1) is 0 Å². The van der Waals surface area contributed by atoms with Crippen molar-refractivity contribution >= 4 is 21.6 Å². The van der Waals surface area contributed by atoms with Gasteiger partial charge in [0.1, 0.15) is 0 Å². The van der Waals surface area contributed by atoms with E-state index in [2.05, 4.69) is 66.3 Å². The second-order valence-corrected chi connectivity index (χ2v) is 6.50. The molecule has 1 aromatic rings. The van der Waals surface area contributed by atoms with Crippen molar-refractivity contribution in [3.63, 3.8) is 0 Å². The molecule has 0 bridgehead atoms. The van der Waals surface area contributed by atoms with Crippen LogP contribution >= 0.6 is 15.9 Å². The summed E-state index contributed by atoms with van der Waals surface area (Å²) in [6.07, 6.45) is 4.97. The van der Waals surface area contributed by atoms with E-state index in [1.807, 2.05) is 0 Å². The third-order valence-electron chi connectivity index (χ3n) is 3.64. The average molecular weight is 308 g/mol. The van der Waals surface area contributed by atoms with Crippen molar-refractivity contribution in [1.82, 2.24) is 0 Å². The first-order chi connectivity index (χ1) is 8.54. The second kappa shape index (κ2) is 5.92. The van der Waals surface area contributed by atoms with Crippen molar-refractivity contribution in [1.29, 1.82) is 0 Å². The first-order valence-electron chi connectivity index (χ1n) is 6.72. The van der Waals surface area contributed by atoms with Crippen LogP contribution in [-0.4, -0.2) is 6.54 Å². The van der Waals surface area contributed by atoms with Crippen LogP contribution in [0.25, 0.3) is 0 Å². The summed E-state index contributed by atoms with van der Waals surface area (Å²) in [4.78, 5) is 0. The molecule has 0 heterocycles. The number of halogens is 1. The van der Waals surface area contributed by atoms with Gasteiger partial charge < -0.3 is 5.32 Å². The largest absolute Gasteiger partial charge is 0.385 e. The van der Waals surface area contributed by atoms with Crippen LogP contribution in [0.5, 0.6) is 0 Å². The highest BCUT2D eigenvalue weighted by Crippen LogP contribution is 2.28. The highest BCUT2D eigenvalue weighted by atomic mass is 79.9. The Morgan fingerprint density at radius 2 is 2.11 bits per heavy atom. The summed E-state index contributed by atoms with van der Waals surface area (Å²) >= 11 is 3.54. The van der Waals surface area contributed by atoms with E-state index in [9.17, 15) is 0 Å². The fraction of sp³-hybridized carbons (Fsp3) is 0.500. The summed E-state index contributed by atoms with van der Waals surface area (Å²) in [5.74, 6) is 1.51. The molecule has 0 aliphatic heterocycles. The van der Waals surface area contributed by atoms with E-state index in [1.165, 1.54) is 28.6 Å². The normalized spacial score (nSPS) is 23.7. The Kier molecular flexibility index (Phi) is 4.50. The zero-order chi connectivity index (χ0) is 13.1. The van der Waals surface area contributed by atoms with Crippen LogP contribution in [0.4, 0.5) is 5.69 Å². The molecule has 1 aliphatic carbocycles. The molecule has 0 amide bonds. The molecule has 1 nitrogen and oxygen atoms in total. The molecule has 0 spiro atoms. The minimum atomic E-state index is 0.734. The maximum Gasteiger partial charge on any atom is 0.0343 e. The van der Waals surface area contributed by atoms with Crippen molar-refractivity contribution in [2.24, 2.45) is 11.8 Å². The van der Waals surface area contributed by atoms with Gasteiger partial charge in [0.05, 0.1) is 0 Å². The second-order valence-electron chi connectivity index (χ2n) is 5.64. The molecule has 2 rings (SSSR count). The lowest BCUT2D eigenvalue weighted by molar-refractivity contribution is 0.421. The van der Waals surface area contributed by atoms with Crippen LogP contribution in [0, 0.1) is 18.8 Å². The molecule has 98 valence electrons. The monoisotopic (exact) mass is 307 g/mol. The molecular formula is C16H22BrN. The van der Waals surface area contributed by atoms with Gasteiger partial charge in [0.15, 0.2) is 0 Å². The molecule has 2 atom stereocenters. The Morgan fingerprint density at radius 3 is 2.78 bits per heavy atom. The molecule has 0 radical (unpaired) electrons. The standard InChI is InChI=1S/C16H22BrN/c1-11-6-12(2)8-14(7-11)10-18-15-4-5-16(17)13(3)9-15/h4-6,9,11,14,18H,7-8,10H2,1-3H3. The minimum absolute atomic E-state index is 0.734. The Bertz CT molecular complexity index is 450. The van der Waals surface area contributed by atoms with Crippen molar-refractivity contribution in [2.75, 3.05) is 11.9 Å². The van der Waals surface area contributed by atoms with Gasteiger partial charge in [-0.3, -0.25) is 0 Å². The van der Waals surface area contributed by atoms with Crippen LogP contribution in [0.2, 0.25) is 0 Å². The first kappa shape index (κ1) is 13.7. The third kappa shape index (κ3) is 3.61. The molecule has 1 N–H and O–H groups in total. The zero-order valence-electron chi connectivity index (χ0n) is 11.5. The molecule has 0 fully saturated rings. The molecule has 2 heteroatoms. The lowest BCUT2D eigenvalue weighted by Gasteiger charge is -2.26. The fourth-order valence-corrected chi connectivity index (χ4v) is 3.11. The Labute approximate surface area is 119 Å². The summed E-state index contributed by atoms with van der Waals surface area (Å²) in [6, 6.07) is 6.47. The number of aryl methyl sites for hydroxylation is 1. The van der Waals surface area contributed by atoms with Gasteiger partial charge in [0.25, 0.3) is 0 Å². The molecule has 1 aromatic carbocycles. The summed E-state index contributed by atoms with van der Waals surface area (Å²) in [5, 5.41) is 3.58. The predicted molar refractivity (Wildman–Crippen MR) is 83.0 cm³/mol. The lowest BCUT2D eigenvalue weighted by atomic mass is 9.84. The number of hydrogen-bond donors (Lipinski definition) is 1. The van der Waals surface area contributed by atoms with Crippen molar-refractivity contribution in [2.45, 2.75) is 33.6 Å². The van der Waals surface area contributed by atoms with E-state index < -0.39 is 0 Å². The summed E-state index contributed by atoms with van der Waals surface area (Å²) < 4.78 is 1.18. The number of benzene rings is 1. The maximum atomic E-state index is 3.58. The Balaban J connectivity index is 1.92. The molecule has 0 aromatic heterocycles. The fourth-order valence-electron chi connectivity index (χ4n) is 2.86. The number of anilines is 1. The van der Waals surface area contributed by atoms with Crippen LogP contribution in [0.1, 0.15) is 32.3 Å². The summed E-state index contributed by atoms with van der Waals surface area (Å²) in [7, 11) is 0. The van der Waals surface area contributed by atoms with Crippen molar-refractivity contribution < 1.29 is 0 Å². The molecular weight excluding hydrogens is 286 g/mol. The average Bonchev–Trinajstić information content (AvgIpc) is 2.29. The number of hydrogen-bond acceptors (Lipinski definition) is 1. The van der Waals surface area contributed by atoms with Crippen molar-refractivity contribution in [3.05, 3.63) is 39.9 Å². The SMILES string of the molecule is CC1=CC(C)CC(CNc2ccc(Br)c(C)c2)C1. The van der Waals surface area contributed by atoms with Gasteiger partial charge in [0, 0.05) is 16.7 Å². The predicted octanol–water partition coefficient (Wildman–Crippen LogP) is 5.16. The van der Waals surface area contributed by atoms with E-state index in [-0.39, 0.29) is 0 Å². The van der Waals surface area contributed by atoms with Gasteiger partial charge in [-0.05, 0) is 62.3 Å². The Hall–Kier alpha value is -0.760. The van der Waals surface area contributed by atoms with E-state index in [0.717, 1.165) is 18.4 Å². The van der Waals surface area contributed by atoms with Gasteiger partial charge >= 0.3 is 0 Å². The zero-order valence-corrected chi connectivity index (χ0v) is 13.0. The minimum Gasteiger partial charge on any atom is -0.385 e. The number of rotatable bonds is 3. The topological polar surface area (TPSA) is 12.0 Å². The van der Waals surface area contributed by atoms with Gasteiger partial charge in [-0.1, -0.05) is 34.5 Å². The number of allylic oxidation sites excluding steroid dienone is 2. The molecule has 1 aliphatic rings. The van der Waals surface area contributed by atoms with Gasteiger partial charge in [0.2, 0.25) is 0 Å². The van der Waals surface area contributed by atoms with E-state index in [0.29, 0.717) is 0 Å². The van der Waals surface area contributed by atoms with Crippen LogP contribution in [-0.2, 0) is 0 Å². The van der Waals surface area contributed by atoms with Crippen LogP contribution in [0.3, 0.4) is 0 Å². The molecule has 18 heavy (non-hydrogen) atoms. The van der Waals surface area contributed by atoms with Crippen LogP contribution in [0.15, 0.2) is 34.3 Å². The molecule has 2 unspecified atom stereocenters. The quantitative estimate of drug-likeness (QED) is 0.760. The lowest BCUT2D eigenvalue weighted by Crippen LogP contribution is -2.20. The van der Waals surface area contributed by atoms with E-state index >= 15 is 0 Å². The first-order valence-corrected chi connectivity index (χ1v) is 7.51. The highest BCUT2D eigenvalue weighted by Gasteiger charge is 2.17. The Morgan fingerprint density at radius 1 is 1.33 bits per heavy atom. The van der Waals surface area contributed by atoms with E-state index in [1.54, 1.807) is 5.57 Å². The van der Waals surface area contributed by atoms with Crippen LogP contribution < -0.4 is 5.32 Å². The maximum absolute atomic E-state index is 3.58. The molecule has 0 saturated heterocycles. The number of nitrogens with one attached hydrogen (secondary N) is 1.